The second-order valence-corrected chi connectivity index (χ2v) is 24.6. The Kier molecular flexibility index (Phi) is 30.6. The van der Waals surface area contributed by atoms with Gasteiger partial charge in [0.1, 0.15) is 30.8 Å². The third-order valence-electron chi connectivity index (χ3n) is 16.9. The van der Waals surface area contributed by atoms with Gasteiger partial charge in [-0.25, -0.2) is 9.59 Å². The minimum absolute atomic E-state index is 0.0778. The van der Waals surface area contributed by atoms with E-state index in [0.717, 1.165) is 0 Å². The quantitative estimate of drug-likeness (QED) is 0.0265. The molecule has 0 aromatic heterocycles. The van der Waals surface area contributed by atoms with Crippen LogP contribution in [-0.2, 0) is 49.6 Å². The lowest BCUT2D eigenvalue weighted by molar-refractivity contribution is -0.148. The molecule has 1 fully saturated rings. The number of aliphatic hydroxyl groups is 1. The van der Waals surface area contributed by atoms with E-state index in [2.05, 4.69) is 43.7 Å². The molecule has 92 heavy (non-hydrogen) atoms. The standard InChI is InChI=1S/C68H97N11O13/c1-15-43(8)58(53(90-13)38-54(80)79-37-21-26-52(79)60(91-14)44(9)61(82)72-45(10)59(81)48-23-17-16-18-24-48)77(11)66(87)56(41(4)5)76-65(86)57(42(6)7)78(12)68(89)92-39-47-29-33-50(34-30-47)73-63(84)51(25-20-36-71-67(70)88)74-64(85)55(40(2)3)75-62(83)49-31-27-46(28-32-49)22-19-35-69/h16-18,23-24,27-34,40-45,51-53,55-60,81H,15,20-21,25-26,36-39H2,1-14H3,(H,72,82)(H,73,84)(H,74,85)(H,75,83)(H,76,86)(H3,70,71,88)/t43-,44+,45+,51?,52-,53+,55-,56-,57-,58-,59+,60+/m0/s1. The number of urea groups is 1. The topological polar surface area (TPSA) is 333 Å². The molecule has 0 spiro atoms. The number of nitrogens with two attached hydrogens (primary N) is 1. The van der Waals surface area contributed by atoms with E-state index in [1.807, 2.05) is 32.0 Å². The van der Waals surface area contributed by atoms with E-state index in [9.17, 15) is 48.3 Å². The number of nitrogens with one attached hydrogen (secondary N) is 6. The number of methoxy groups -OCH3 is 2. The van der Waals surface area contributed by atoms with Crippen LogP contribution in [0.25, 0.3) is 0 Å². The van der Waals surface area contributed by atoms with Crippen LogP contribution in [0.3, 0.4) is 0 Å². The zero-order valence-electron chi connectivity index (χ0n) is 55.7. The Balaban J connectivity index is 1.41. The summed E-state index contributed by atoms with van der Waals surface area (Å²) in [6, 6.07) is 16.6. The van der Waals surface area contributed by atoms with E-state index in [1.54, 1.807) is 127 Å². The number of anilines is 1. The Morgan fingerprint density at radius 3 is 1.96 bits per heavy atom. The third kappa shape index (κ3) is 21.8. The summed E-state index contributed by atoms with van der Waals surface area (Å²) in [7, 11) is 6.08. The maximum atomic E-state index is 14.8. The van der Waals surface area contributed by atoms with E-state index < -0.39 is 126 Å². The molecule has 1 saturated heterocycles. The molecule has 24 heteroatoms. The predicted molar refractivity (Wildman–Crippen MR) is 347 cm³/mol. The first-order valence-corrected chi connectivity index (χ1v) is 31.5. The van der Waals surface area contributed by atoms with Gasteiger partial charge in [-0.2, -0.15) is 5.26 Å². The largest absolute Gasteiger partial charge is 0.445 e. The molecule has 12 atom stereocenters. The maximum absolute atomic E-state index is 14.8. The summed E-state index contributed by atoms with van der Waals surface area (Å²) >= 11 is 0. The SMILES string of the molecule is CC[C@H](C)[C@@H]([C@@H](CC(=O)N1CCC[C@H]1[C@H](OC)[C@@H](C)C(=O)N[C@H](C)[C@@H](O)c1ccccc1)OC)N(C)C(=O)[C@@H](NC(=O)[C@H](C(C)C)N(C)C(=O)OCc1ccc(NC(=O)C(CCCNC(N)=O)NC(=O)[C@@H](NC(=O)c2ccc(C#CC#N)cc2)C(C)C)cc1)C(C)C. The Morgan fingerprint density at radius 2 is 1.39 bits per heavy atom. The lowest BCUT2D eigenvalue weighted by Gasteiger charge is -2.41. The number of primary amides is 1. The van der Waals surface area contributed by atoms with Crippen molar-refractivity contribution in [1.82, 2.24) is 41.3 Å². The van der Waals surface area contributed by atoms with Gasteiger partial charge in [0.05, 0.1) is 48.8 Å². The van der Waals surface area contributed by atoms with E-state index in [-0.39, 0.29) is 55.7 Å². The molecule has 0 saturated carbocycles. The summed E-state index contributed by atoms with van der Waals surface area (Å²) in [6.45, 7) is 18.3. The van der Waals surface area contributed by atoms with Crippen molar-refractivity contribution in [2.45, 2.75) is 175 Å². The normalized spacial score (nSPS) is 16.4. The van der Waals surface area contributed by atoms with Crippen molar-refractivity contribution in [2.75, 3.05) is 46.7 Å². The average molecular weight is 1280 g/mol. The minimum atomic E-state index is -1.13. The van der Waals surface area contributed by atoms with Crippen LogP contribution in [0.5, 0.6) is 0 Å². The van der Waals surface area contributed by atoms with Crippen LogP contribution in [-0.4, -0.2) is 169 Å². The molecule has 3 aromatic rings. The van der Waals surface area contributed by atoms with Gasteiger partial charge in [-0.05, 0) is 104 Å². The number of likely N-dealkylation sites (N-methyl/N-ethyl adjacent to an activating group) is 2. The molecular formula is C68H97N11O13. The van der Waals surface area contributed by atoms with Crippen molar-refractivity contribution < 1.29 is 62.5 Å². The highest BCUT2D eigenvalue weighted by Gasteiger charge is 2.44. The number of nitriles is 1. The number of carbonyl (C=O) groups excluding carboxylic acids is 9. The Labute approximate surface area is 542 Å². The van der Waals surface area contributed by atoms with Gasteiger partial charge < -0.3 is 66.8 Å². The first kappa shape index (κ1) is 75.9. The van der Waals surface area contributed by atoms with Gasteiger partial charge in [0.15, 0.2) is 6.07 Å². The van der Waals surface area contributed by atoms with Crippen molar-refractivity contribution in [1.29, 1.82) is 5.26 Å². The van der Waals surface area contributed by atoms with Gasteiger partial charge in [-0.3, -0.25) is 38.5 Å². The number of aliphatic hydroxyl groups excluding tert-OH is 1. The first-order chi connectivity index (χ1) is 43.6. The zero-order valence-corrected chi connectivity index (χ0v) is 55.7. The molecule has 0 radical (unpaired) electrons. The summed E-state index contributed by atoms with van der Waals surface area (Å²) in [5, 5.41) is 36.3. The average Bonchev–Trinajstić information content (AvgIpc) is 1.67. The Hall–Kier alpha value is -8.58. The van der Waals surface area contributed by atoms with Crippen LogP contribution in [0.4, 0.5) is 15.3 Å². The second-order valence-electron chi connectivity index (χ2n) is 24.6. The molecular weight excluding hydrogens is 1180 g/mol. The molecule has 24 nitrogen and oxygen atoms in total. The van der Waals surface area contributed by atoms with E-state index in [1.165, 1.54) is 38.3 Å². The van der Waals surface area contributed by atoms with Crippen molar-refractivity contribution in [3.63, 3.8) is 0 Å². The fourth-order valence-electron chi connectivity index (χ4n) is 11.5. The number of ether oxygens (including phenoxy) is 3. The third-order valence-corrected chi connectivity index (χ3v) is 16.9. The molecule has 1 aliphatic rings. The van der Waals surface area contributed by atoms with Crippen molar-refractivity contribution >= 4 is 59.2 Å². The van der Waals surface area contributed by atoms with Crippen molar-refractivity contribution in [2.24, 2.45) is 35.3 Å². The highest BCUT2D eigenvalue weighted by atomic mass is 16.6. The van der Waals surface area contributed by atoms with Crippen LogP contribution < -0.4 is 37.6 Å². The summed E-state index contributed by atoms with van der Waals surface area (Å²) in [6.07, 6.45) is -1.08. The summed E-state index contributed by atoms with van der Waals surface area (Å²) in [5.74, 6) is -0.545. The lowest BCUT2D eigenvalue weighted by Crippen LogP contribution is -2.60. The molecule has 4 rings (SSSR count). The number of nitrogens with zero attached hydrogens (tertiary/aromatic N) is 4. The summed E-state index contributed by atoms with van der Waals surface area (Å²) in [5.41, 5.74) is 7.54. The van der Waals surface area contributed by atoms with Gasteiger partial charge in [0, 0.05) is 64.1 Å². The molecule has 3 aromatic carbocycles. The fraction of sp³-hybridized carbons (Fsp3) is 0.559. The molecule has 10 amide bonds. The molecule has 502 valence electrons. The summed E-state index contributed by atoms with van der Waals surface area (Å²) < 4.78 is 17.7. The molecule has 0 bridgehead atoms. The zero-order chi connectivity index (χ0) is 68.5. The maximum Gasteiger partial charge on any atom is 0.410 e. The lowest BCUT2D eigenvalue weighted by atomic mass is 9.89. The van der Waals surface area contributed by atoms with Gasteiger partial charge in [-0.1, -0.05) is 117 Å². The van der Waals surface area contributed by atoms with Crippen LogP contribution in [0, 0.1) is 52.8 Å². The van der Waals surface area contributed by atoms with Gasteiger partial charge >= 0.3 is 12.1 Å². The van der Waals surface area contributed by atoms with Gasteiger partial charge in [-0.15, -0.1) is 0 Å². The van der Waals surface area contributed by atoms with Crippen molar-refractivity contribution in [3.8, 4) is 17.9 Å². The highest BCUT2D eigenvalue weighted by molar-refractivity contribution is 6.00. The Morgan fingerprint density at radius 1 is 0.750 bits per heavy atom. The highest BCUT2D eigenvalue weighted by Crippen LogP contribution is 2.31. The van der Waals surface area contributed by atoms with E-state index >= 15 is 0 Å². The smallest absolute Gasteiger partial charge is 0.410 e. The van der Waals surface area contributed by atoms with E-state index in [4.69, 9.17) is 25.2 Å². The number of carbonyl (C=O) groups is 9. The van der Waals surface area contributed by atoms with Crippen LogP contribution in [0.2, 0.25) is 0 Å². The van der Waals surface area contributed by atoms with Crippen molar-refractivity contribution in [3.05, 3.63) is 101 Å². The second kappa shape index (κ2) is 37.1. The number of benzene rings is 3. The van der Waals surface area contributed by atoms with Gasteiger partial charge in [0.2, 0.25) is 35.4 Å². The van der Waals surface area contributed by atoms with Crippen LogP contribution in [0.1, 0.15) is 141 Å². The number of amides is 10. The number of likely N-dealkylation sites (tertiary alicyclic amines) is 1. The number of hydrogen-bond acceptors (Lipinski definition) is 14. The molecule has 1 aliphatic heterocycles. The molecule has 1 heterocycles. The number of hydrogen-bond donors (Lipinski definition) is 8. The van der Waals surface area contributed by atoms with Crippen LogP contribution in [0.15, 0.2) is 78.9 Å². The Bertz CT molecular complexity index is 3060. The molecule has 9 N–H and O–H groups in total. The molecule has 0 aliphatic carbocycles. The minimum Gasteiger partial charge on any atom is -0.445 e. The fourth-order valence-corrected chi connectivity index (χ4v) is 11.5. The van der Waals surface area contributed by atoms with Crippen LogP contribution >= 0.6 is 0 Å². The van der Waals surface area contributed by atoms with Gasteiger partial charge in [0.25, 0.3) is 5.91 Å². The molecule has 1 unspecified atom stereocenters. The monoisotopic (exact) mass is 1280 g/mol. The number of rotatable bonds is 33. The predicted octanol–water partition coefficient (Wildman–Crippen LogP) is 5.78. The summed E-state index contributed by atoms with van der Waals surface area (Å²) in [4.78, 5) is 128. The first-order valence-electron chi connectivity index (χ1n) is 31.5. The van der Waals surface area contributed by atoms with E-state index in [0.29, 0.717) is 48.2 Å².